The van der Waals surface area contributed by atoms with Crippen molar-refractivity contribution in [1.29, 1.82) is 0 Å². The Bertz CT molecular complexity index is 841. The van der Waals surface area contributed by atoms with Gasteiger partial charge in [-0.2, -0.15) is 0 Å². The Kier molecular flexibility index (Phi) is 7.93. The molecule has 1 aliphatic heterocycles. The summed E-state index contributed by atoms with van der Waals surface area (Å²) in [6, 6.07) is 6.68. The van der Waals surface area contributed by atoms with E-state index >= 15 is 0 Å². The molecule has 0 fully saturated rings. The number of rotatable bonds is 5. The maximum atomic E-state index is 13.6. The van der Waals surface area contributed by atoms with Crippen LogP contribution in [0.5, 0.6) is 0 Å². The normalized spacial score (nSPS) is 17.2. The van der Waals surface area contributed by atoms with Gasteiger partial charge in [-0.1, -0.05) is 45.0 Å². The predicted octanol–water partition coefficient (Wildman–Crippen LogP) is 2.33. The summed E-state index contributed by atoms with van der Waals surface area (Å²) < 4.78 is 5.28. The highest BCUT2D eigenvalue weighted by Gasteiger charge is 2.39. The molecule has 0 spiro atoms. The van der Waals surface area contributed by atoms with E-state index in [1.165, 1.54) is 11.9 Å². The molecule has 0 aliphatic carbocycles. The van der Waals surface area contributed by atoms with Gasteiger partial charge in [-0.3, -0.25) is 9.59 Å². The molecular formula is C24H37N3O5. The zero-order chi connectivity index (χ0) is 24.3. The minimum atomic E-state index is -0.818. The van der Waals surface area contributed by atoms with E-state index in [2.05, 4.69) is 5.32 Å². The second-order valence-electron chi connectivity index (χ2n) is 10.5. The summed E-state index contributed by atoms with van der Waals surface area (Å²) in [6.07, 6.45) is -0.0517. The molecule has 1 heterocycles. The molecular weight excluding hydrogens is 410 g/mol. The first-order chi connectivity index (χ1) is 14.7. The van der Waals surface area contributed by atoms with E-state index in [-0.39, 0.29) is 25.1 Å². The van der Waals surface area contributed by atoms with Crippen molar-refractivity contribution in [2.24, 2.45) is 5.41 Å². The topological polar surface area (TPSA) is 99.2 Å². The highest BCUT2D eigenvalue weighted by molar-refractivity contribution is 5.90. The van der Waals surface area contributed by atoms with Crippen molar-refractivity contribution < 1.29 is 24.2 Å². The second kappa shape index (κ2) is 9.90. The Hall–Kier alpha value is -2.61. The minimum absolute atomic E-state index is 0.160. The van der Waals surface area contributed by atoms with Crippen molar-refractivity contribution in [3.63, 3.8) is 0 Å². The van der Waals surface area contributed by atoms with Crippen LogP contribution in [-0.4, -0.2) is 70.7 Å². The number of hydrogen-bond donors (Lipinski definition) is 2. The lowest BCUT2D eigenvalue weighted by molar-refractivity contribution is -0.143. The Morgan fingerprint density at radius 1 is 1.16 bits per heavy atom. The number of fused-ring (bicyclic) bond motifs is 1. The van der Waals surface area contributed by atoms with Crippen molar-refractivity contribution in [3.05, 3.63) is 35.4 Å². The van der Waals surface area contributed by atoms with Gasteiger partial charge in [0.2, 0.25) is 11.8 Å². The van der Waals surface area contributed by atoms with Gasteiger partial charge >= 0.3 is 6.09 Å². The third-order valence-corrected chi connectivity index (χ3v) is 5.35. The van der Waals surface area contributed by atoms with Crippen molar-refractivity contribution >= 4 is 17.9 Å². The van der Waals surface area contributed by atoms with Gasteiger partial charge in [-0.05, 0) is 43.7 Å². The van der Waals surface area contributed by atoms with Gasteiger partial charge in [0.25, 0.3) is 0 Å². The van der Waals surface area contributed by atoms with Gasteiger partial charge in [-0.25, -0.2) is 4.79 Å². The lowest BCUT2D eigenvalue weighted by Gasteiger charge is -2.41. The summed E-state index contributed by atoms with van der Waals surface area (Å²) in [7, 11) is 1.48. The molecule has 0 bridgehead atoms. The lowest BCUT2D eigenvalue weighted by Crippen LogP contribution is -2.59. The lowest BCUT2D eigenvalue weighted by atomic mass is 9.84. The van der Waals surface area contributed by atoms with Gasteiger partial charge in [0.05, 0.1) is 12.6 Å². The van der Waals surface area contributed by atoms with Gasteiger partial charge in [0.1, 0.15) is 18.2 Å². The number of nitrogens with zero attached hydrogens (tertiary/aromatic N) is 2. The summed E-state index contributed by atoms with van der Waals surface area (Å²) in [5.41, 5.74) is 0.907. The molecule has 2 rings (SSSR count). The highest BCUT2D eigenvalue weighted by Crippen LogP contribution is 2.28. The molecule has 8 nitrogen and oxygen atoms in total. The fourth-order valence-corrected chi connectivity index (χ4v) is 3.65. The van der Waals surface area contributed by atoms with Crippen LogP contribution in [0.4, 0.5) is 4.79 Å². The SMILES string of the molecule is CN(CC(=O)NC(C(=O)N1Cc2ccccc2CC1CO)C(C)(C)C)C(=O)OC(C)(C)C. The molecule has 0 saturated heterocycles. The first-order valence-electron chi connectivity index (χ1n) is 10.9. The molecule has 2 atom stereocenters. The van der Waals surface area contributed by atoms with Crippen LogP contribution in [0.1, 0.15) is 52.7 Å². The first-order valence-corrected chi connectivity index (χ1v) is 10.9. The van der Waals surface area contributed by atoms with Crippen LogP contribution < -0.4 is 5.32 Å². The quantitative estimate of drug-likeness (QED) is 0.722. The van der Waals surface area contributed by atoms with E-state index in [9.17, 15) is 19.5 Å². The van der Waals surface area contributed by atoms with E-state index < -0.39 is 29.1 Å². The largest absolute Gasteiger partial charge is 0.444 e. The first kappa shape index (κ1) is 25.6. The molecule has 1 aliphatic rings. The smallest absolute Gasteiger partial charge is 0.410 e. The third-order valence-electron chi connectivity index (χ3n) is 5.35. The van der Waals surface area contributed by atoms with Crippen molar-refractivity contribution in [2.75, 3.05) is 20.2 Å². The van der Waals surface area contributed by atoms with E-state index in [0.29, 0.717) is 13.0 Å². The molecule has 178 valence electrons. The highest BCUT2D eigenvalue weighted by atomic mass is 16.6. The predicted molar refractivity (Wildman–Crippen MR) is 122 cm³/mol. The monoisotopic (exact) mass is 447 g/mol. The van der Waals surface area contributed by atoms with Crippen LogP contribution in [0.15, 0.2) is 24.3 Å². The number of aliphatic hydroxyl groups is 1. The summed E-state index contributed by atoms with van der Waals surface area (Å²) in [5.74, 6) is -0.705. The van der Waals surface area contributed by atoms with Gasteiger partial charge < -0.3 is 25.0 Å². The Morgan fingerprint density at radius 3 is 2.28 bits per heavy atom. The number of hydrogen-bond acceptors (Lipinski definition) is 5. The summed E-state index contributed by atoms with van der Waals surface area (Å²) in [6.45, 7) is 10.9. The van der Waals surface area contributed by atoms with E-state index in [1.54, 1.807) is 25.7 Å². The van der Waals surface area contributed by atoms with Crippen molar-refractivity contribution in [2.45, 2.75) is 72.2 Å². The molecule has 1 aromatic rings. The average molecular weight is 448 g/mol. The molecule has 1 aromatic carbocycles. The zero-order valence-electron chi connectivity index (χ0n) is 20.3. The number of ether oxygens (including phenoxy) is 1. The molecule has 8 heteroatoms. The van der Waals surface area contributed by atoms with Gasteiger partial charge in [0, 0.05) is 13.6 Å². The summed E-state index contributed by atoms with van der Waals surface area (Å²) in [5, 5.41) is 12.7. The number of benzene rings is 1. The van der Waals surface area contributed by atoms with E-state index in [1.807, 2.05) is 45.0 Å². The van der Waals surface area contributed by atoms with Crippen molar-refractivity contribution in [1.82, 2.24) is 15.1 Å². The molecule has 32 heavy (non-hydrogen) atoms. The number of carbonyl (C=O) groups excluding carboxylic acids is 3. The number of nitrogens with one attached hydrogen (secondary N) is 1. The number of amides is 3. The fraction of sp³-hybridized carbons (Fsp3) is 0.625. The second-order valence-corrected chi connectivity index (χ2v) is 10.5. The number of likely N-dealkylation sites (N-methyl/N-ethyl adjacent to an activating group) is 1. The van der Waals surface area contributed by atoms with Crippen LogP contribution in [0.2, 0.25) is 0 Å². The Morgan fingerprint density at radius 2 is 1.75 bits per heavy atom. The zero-order valence-corrected chi connectivity index (χ0v) is 20.3. The molecule has 2 unspecified atom stereocenters. The van der Waals surface area contributed by atoms with E-state index in [0.717, 1.165) is 11.1 Å². The molecule has 0 saturated carbocycles. The summed E-state index contributed by atoms with van der Waals surface area (Å²) in [4.78, 5) is 41.3. The van der Waals surface area contributed by atoms with Gasteiger partial charge in [-0.15, -0.1) is 0 Å². The number of carbonyl (C=O) groups is 3. The third kappa shape index (κ3) is 6.69. The maximum Gasteiger partial charge on any atom is 0.410 e. The van der Waals surface area contributed by atoms with Crippen LogP contribution >= 0.6 is 0 Å². The molecule has 0 aromatic heterocycles. The Labute approximate surface area is 190 Å². The summed E-state index contributed by atoms with van der Waals surface area (Å²) >= 11 is 0. The molecule has 2 N–H and O–H groups in total. The van der Waals surface area contributed by atoms with Crippen molar-refractivity contribution in [3.8, 4) is 0 Å². The Balaban J connectivity index is 2.15. The van der Waals surface area contributed by atoms with Crippen LogP contribution in [0.25, 0.3) is 0 Å². The molecule has 3 amide bonds. The van der Waals surface area contributed by atoms with Gasteiger partial charge in [0.15, 0.2) is 0 Å². The van der Waals surface area contributed by atoms with Crippen LogP contribution in [-0.2, 0) is 27.3 Å². The minimum Gasteiger partial charge on any atom is -0.444 e. The number of aliphatic hydroxyl groups excluding tert-OH is 1. The average Bonchev–Trinajstić information content (AvgIpc) is 2.68. The maximum absolute atomic E-state index is 13.6. The standard InChI is InChI=1S/C24H37N3O5/c1-23(2,3)20(25-19(29)14-26(7)22(31)32-24(4,5)6)21(30)27-13-17-11-9-8-10-16(17)12-18(27)15-28/h8-11,18,20,28H,12-15H2,1-7H3,(H,25,29). The molecule has 0 radical (unpaired) electrons. The fourth-order valence-electron chi connectivity index (χ4n) is 3.65. The van der Waals surface area contributed by atoms with Crippen LogP contribution in [0, 0.1) is 5.41 Å². The van der Waals surface area contributed by atoms with E-state index in [4.69, 9.17) is 4.74 Å². The van der Waals surface area contributed by atoms with Crippen LogP contribution in [0.3, 0.4) is 0 Å².